The summed E-state index contributed by atoms with van der Waals surface area (Å²) in [6, 6.07) is 16.8. The summed E-state index contributed by atoms with van der Waals surface area (Å²) >= 11 is 0. The van der Waals surface area contributed by atoms with Gasteiger partial charge in [-0.05, 0) is 24.6 Å². The van der Waals surface area contributed by atoms with E-state index in [-0.39, 0.29) is 11.4 Å². The third-order valence-electron chi connectivity index (χ3n) is 3.71. The third kappa shape index (κ3) is 6.16. The maximum Gasteiger partial charge on any atom is 0.240 e. The third-order valence-corrected chi connectivity index (χ3v) is 5.19. The Morgan fingerprint density at radius 1 is 1.00 bits per heavy atom. The number of guanidine groups is 1. The molecule has 0 amide bonds. The number of aliphatic imine (C=N–C) groups is 1. The number of nitrogens with one attached hydrogen (secondary N) is 2. The summed E-state index contributed by atoms with van der Waals surface area (Å²) in [4.78, 5) is 6.69. The van der Waals surface area contributed by atoms with Gasteiger partial charge in [-0.2, -0.15) is 0 Å². The van der Waals surface area contributed by atoms with E-state index in [1.54, 1.807) is 24.3 Å². The Labute approximate surface area is 156 Å². The van der Waals surface area contributed by atoms with Gasteiger partial charge < -0.3 is 10.2 Å². The average Bonchev–Trinajstić information content (AvgIpc) is 2.62. The van der Waals surface area contributed by atoms with Gasteiger partial charge >= 0.3 is 0 Å². The van der Waals surface area contributed by atoms with Gasteiger partial charge in [0.25, 0.3) is 0 Å². The molecule has 7 heteroatoms. The van der Waals surface area contributed by atoms with Crippen LogP contribution >= 0.6 is 0 Å². The molecule has 0 spiro atoms. The van der Waals surface area contributed by atoms with Crippen LogP contribution in [-0.4, -0.2) is 46.5 Å². The smallest absolute Gasteiger partial charge is 0.240 e. The summed E-state index contributed by atoms with van der Waals surface area (Å²) in [6.07, 6.45) is 0. The van der Waals surface area contributed by atoms with Gasteiger partial charge in [0.15, 0.2) is 5.96 Å². The van der Waals surface area contributed by atoms with Crippen LogP contribution in [0.3, 0.4) is 0 Å². The Kier molecular flexibility index (Phi) is 7.17. The first kappa shape index (κ1) is 19.9. The molecule has 2 N–H and O–H groups in total. The molecule has 0 atom stereocenters. The lowest BCUT2D eigenvalue weighted by Crippen LogP contribution is -2.41. The number of sulfonamides is 1. The van der Waals surface area contributed by atoms with Crippen molar-refractivity contribution in [3.05, 3.63) is 65.7 Å². The average molecular weight is 375 g/mol. The molecular formula is C19H26N4O2S. The largest absolute Gasteiger partial charge is 0.355 e. The molecule has 0 aromatic heterocycles. The summed E-state index contributed by atoms with van der Waals surface area (Å²) in [6.45, 7) is 3.20. The van der Waals surface area contributed by atoms with Gasteiger partial charge in [0.1, 0.15) is 0 Å². The Morgan fingerprint density at radius 3 is 2.27 bits per heavy atom. The van der Waals surface area contributed by atoms with Crippen molar-refractivity contribution in [2.75, 3.05) is 27.2 Å². The molecule has 2 rings (SSSR count). The van der Waals surface area contributed by atoms with Crippen LogP contribution in [0.1, 0.15) is 11.1 Å². The summed E-state index contributed by atoms with van der Waals surface area (Å²) in [5, 5.41) is 3.17. The molecule has 140 valence electrons. The van der Waals surface area contributed by atoms with Crippen LogP contribution in [0.4, 0.5) is 0 Å². The summed E-state index contributed by atoms with van der Waals surface area (Å²) in [5.41, 5.74) is 2.14. The van der Waals surface area contributed by atoms with Gasteiger partial charge in [0, 0.05) is 27.2 Å². The first-order chi connectivity index (χ1) is 12.4. The number of rotatable bonds is 7. The second-order valence-corrected chi connectivity index (χ2v) is 7.92. The van der Waals surface area contributed by atoms with Crippen molar-refractivity contribution < 1.29 is 8.42 Å². The molecule has 0 heterocycles. The fourth-order valence-corrected chi connectivity index (χ4v) is 3.30. The molecule has 0 bridgehead atoms. The zero-order valence-corrected chi connectivity index (χ0v) is 16.3. The van der Waals surface area contributed by atoms with E-state index in [1.807, 2.05) is 56.3 Å². The van der Waals surface area contributed by atoms with Gasteiger partial charge in [-0.3, -0.25) is 0 Å². The van der Waals surface area contributed by atoms with Crippen LogP contribution in [0.5, 0.6) is 0 Å². The van der Waals surface area contributed by atoms with Crippen LogP contribution < -0.4 is 10.0 Å². The van der Waals surface area contributed by atoms with Crippen molar-refractivity contribution in [2.24, 2.45) is 4.99 Å². The standard InChI is InChI=1S/C19H26N4O2S/c1-16-9-11-18(12-10-16)26(24,25)22-14-13-20-19(23(2)3)21-15-17-7-5-4-6-8-17/h4-12,22H,13-15H2,1-3H3,(H,20,21). The minimum absolute atomic E-state index is 0.272. The van der Waals surface area contributed by atoms with Crippen molar-refractivity contribution >= 4 is 16.0 Å². The lowest BCUT2D eigenvalue weighted by atomic mass is 10.2. The molecule has 0 fully saturated rings. The molecule has 0 aliphatic heterocycles. The molecule has 2 aromatic carbocycles. The highest BCUT2D eigenvalue weighted by molar-refractivity contribution is 7.89. The van der Waals surface area contributed by atoms with E-state index >= 15 is 0 Å². The van der Waals surface area contributed by atoms with Crippen LogP contribution in [0, 0.1) is 6.92 Å². The Morgan fingerprint density at radius 2 is 1.65 bits per heavy atom. The molecular weight excluding hydrogens is 348 g/mol. The fraction of sp³-hybridized carbons (Fsp3) is 0.316. The lowest BCUT2D eigenvalue weighted by Gasteiger charge is -2.18. The van der Waals surface area contributed by atoms with E-state index in [0.29, 0.717) is 19.0 Å². The molecule has 0 unspecified atom stereocenters. The minimum atomic E-state index is -3.49. The maximum absolute atomic E-state index is 12.3. The van der Waals surface area contributed by atoms with E-state index in [4.69, 9.17) is 0 Å². The molecule has 0 aliphatic carbocycles. The van der Waals surface area contributed by atoms with Gasteiger partial charge in [0.05, 0.1) is 11.4 Å². The monoisotopic (exact) mass is 374 g/mol. The SMILES string of the molecule is Cc1ccc(S(=O)(=O)NCCNC(=NCc2ccccc2)N(C)C)cc1. The lowest BCUT2D eigenvalue weighted by molar-refractivity contribution is 0.567. The fourth-order valence-electron chi connectivity index (χ4n) is 2.27. The quantitative estimate of drug-likeness (QED) is 0.442. The summed E-state index contributed by atoms with van der Waals surface area (Å²) in [7, 11) is 0.298. The maximum atomic E-state index is 12.3. The van der Waals surface area contributed by atoms with E-state index in [2.05, 4.69) is 15.0 Å². The number of benzene rings is 2. The molecule has 26 heavy (non-hydrogen) atoms. The topological polar surface area (TPSA) is 73.8 Å². The Hall–Kier alpha value is -2.38. The normalized spacial score (nSPS) is 12.0. The van der Waals surface area contributed by atoms with E-state index < -0.39 is 10.0 Å². The molecule has 0 saturated heterocycles. The molecule has 6 nitrogen and oxygen atoms in total. The van der Waals surface area contributed by atoms with Crippen molar-refractivity contribution in [2.45, 2.75) is 18.4 Å². The van der Waals surface area contributed by atoms with Gasteiger partial charge in [-0.1, -0.05) is 48.0 Å². The Balaban J connectivity index is 1.86. The van der Waals surface area contributed by atoms with Crippen molar-refractivity contribution in [1.82, 2.24) is 14.9 Å². The molecule has 0 radical (unpaired) electrons. The van der Waals surface area contributed by atoms with Crippen LogP contribution in [0.2, 0.25) is 0 Å². The van der Waals surface area contributed by atoms with Crippen molar-refractivity contribution in [3.63, 3.8) is 0 Å². The van der Waals surface area contributed by atoms with E-state index in [9.17, 15) is 8.42 Å². The van der Waals surface area contributed by atoms with Gasteiger partial charge in [-0.15, -0.1) is 0 Å². The minimum Gasteiger partial charge on any atom is -0.355 e. The van der Waals surface area contributed by atoms with E-state index in [1.165, 1.54) is 0 Å². The van der Waals surface area contributed by atoms with E-state index in [0.717, 1.165) is 11.1 Å². The number of hydrogen-bond donors (Lipinski definition) is 2. The summed E-state index contributed by atoms with van der Waals surface area (Å²) in [5.74, 6) is 0.711. The second kappa shape index (κ2) is 9.35. The predicted octanol–water partition coefficient (Wildman–Crippen LogP) is 1.98. The van der Waals surface area contributed by atoms with Gasteiger partial charge in [0.2, 0.25) is 10.0 Å². The van der Waals surface area contributed by atoms with Crippen LogP contribution in [-0.2, 0) is 16.6 Å². The second-order valence-electron chi connectivity index (χ2n) is 6.16. The van der Waals surface area contributed by atoms with Gasteiger partial charge in [-0.25, -0.2) is 18.1 Å². The first-order valence-electron chi connectivity index (χ1n) is 8.44. The first-order valence-corrected chi connectivity index (χ1v) is 9.93. The zero-order valence-electron chi connectivity index (χ0n) is 15.4. The molecule has 0 saturated carbocycles. The number of nitrogens with zero attached hydrogens (tertiary/aromatic N) is 2. The Bertz CT molecular complexity index is 816. The highest BCUT2D eigenvalue weighted by atomic mass is 32.2. The molecule has 2 aromatic rings. The highest BCUT2D eigenvalue weighted by Gasteiger charge is 2.12. The van der Waals surface area contributed by atoms with Crippen LogP contribution in [0.25, 0.3) is 0 Å². The highest BCUT2D eigenvalue weighted by Crippen LogP contribution is 2.09. The van der Waals surface area contributed by atoms with Crippen molar-refractivity contribution in [1.29, 1.82) is 0 Å². The van der Waals surface area contributed by atoms with Crippen molar-refractivity contribution in [3.8, 4) is 0 Å². The van der Waals surface area contributed by atoms with Crippen LogP contribution in [0.15, 0.2) is 64.5 Å². The zero-order chi connectivity index (χ0) is 19.0. The predicted molar refractivity (Wildman–Crippen MR) is 106 cm³/mol. The number of hydrogen-bond acceptors (Lipinski definition) is 3. The molecule has 0 aliphatic rings. The number of aryl methyl sites for hydroxylation is 1. The summed E-state index contributed by atoms with van der Waals surface area (Å²) < 4.78 is 27.1.